The van der Waals surface area contributed by atoms with Crippen LogP contribution in [-0.4, -0.2) is 37.0 Å². The van der Waals surface area contributed by atoms with Crippen LogP contribution in [0.3, 0.4) is 0 Å². The summed E-state index contributed by atoms with van der Waals surface area (Å²) < 4.78 is 6.04. The molecule has 4 unspecified atom stereocenters. The molecule has 3 aliphatic rings. The van der Waals surface area contributed by atoms with Gasteiger partial charge in [0.2, 0.25) is 0 Å². The quantitative estimate of drug-likeness (QED) is 0.841. The molecule has 1 saturated heterocycles. The molecule has 2 aliphatic carbocycles. The highest BCUT2D eigenvalue weighted by molar-refractivity contribution is 5.24. The van der Waals surface area contributed by atoms with E-state index in [1.165, 1.54) is 31.2 Å². The molecule has 1 aromatic carbocycles. The molecule has 3 fully saturated rings. The summed E-state index contributed by atoms with van der Waals surface area (Å²) in [5, 5.41) is 13.9. The lowest BCUT2D eigenvalue weighted by Crippen LogP contribution is -2.71. The first kappa shape index (κ1) is 16.6. The summed E-state index contributed by atoms with van der Waals surface area (Å²) in [4.78, 5) is 0. The van der Waals surface area contributed by atoms with Gasteiger partial charge >= 0.3 is 0 Å². The van der Waals surface area contributed by atoms with E-state index in [-0.39, 0.29) is 12.0 Å². The van der Waals surface area contributed by atoms with Gasteiger partial charge in [-0.2, -0.15) is 0 Å². The van der Waals surface area contributed by atoms with Crippen molar-refractivity contribution in [3.05, 3.63) is 35.9 Å². The molecule has 0 aromatic heterocycles. The van der Waals surface area contributed by atoms with Crippen LogP contribution < -0.4 is 5.32 Å². The van der Waals surface area contributed by atoms with Crippen molar-refractivity contribution in [2.24, 2.45) is 16.7 Å². The minimum absolute atomic E-state index is 0.129. The molecule has 4 atom stereocenters. The van der Waals surface area contributed by atoms with E-state index in [9.17, 15) is 5.11 Å². The van der Waals surface area contributed by atoms with Crippen LogP contribution in [0.2, 0.25) is 0 Å². The molecule has 3 nitrogen and oxygen atoms in total. The Bertz CT molecular complexity index is 566. The molecule has 1 aliphatic heterocycles. The van der Waals surface area contributed by atoms with Gasteiger partial charge in [-0.15, -0.1) is 0 Å². The molecule has 1 spiro atoms. The average Bonchev–Trinajstić information content (AvgIpc) is 2.95. The summed E-state index contributed by atoms with van der Waals surface area (Å²) in [6.07, 6.45) is 5.74. The summed E-state index contributed by atoms with van der Waals surface area (Å²) in [6, 6.07) is 11.3. The van der Waals surface area contributed by atoms with Gasteiger partial charge in [0.15, 0.2) is 0 Å². The Balaban J connectivity index is 1.49. The van der Waals surface area contributed by atoms with E-state index in [1.54, 1.807) is 0 Å². The highest BCUT2D eigenvalue weighted by Crippen LogP contribution is 2.62. The Morgan fingerprint density at radius 3 is 2.67 bits per heavy atom. The van der Waals surface area contributed by atoms with Crippen molar-refractivity contribution in [2.75, 3.05) is 19.8 Å². The molecule has 0 radical (unpaired) electrons. The summed E-state index contributed by atoms with van der Waals surface area (Å²) >= 11 is 0. The smallest absolute Gasteiger partial charge is 0.0690 e. The molecule has 3 heteroatoms. The van der Waals surface area contributed by atoms with Crippen molar-refractivity contribution in [3.8, 4) is 0 Å². The molecule has 2 N–H and O–H groups in total. The number of fused-ring (bicyclic) bond motifs is 2. The van der Waals surface area contributed by atoms with Crippen LogP contribution in [0.1, 0.15) is 51.0 Å². The third-order valence-corrected chi connectivity index (χ3v) is 7.13. The molecule has 4 rings (SSSR count). The van der Waals surface area contributed by atoms with E-state index in [0.717, 1.165) is 13.2 Å². The van der Waals surface area contributed by atoms with Gasteiger partial charge in [-0.25, -0.2) is 0 Å². The Morgan fingerprint density at radius 1 is 1.29 bits per heavy atom. The molecular formula is C21H31NO2. The lowest BCUT2D eigenvalue weighted by Gasteiger charge is -2.63. The van der Waals surface area contributed by atoms with Crippen LogP contribution >= 0.6 is 0 Å². The van der Waals surface area contributed by atoms with Crippen LogP contribution in [0.4, 0.5) is 0 Å². The van der Waals surface area contributed by atoms with Crippen molar-refractivity contribution in [1.29, 1.82) is 0 Å². The molecule has 2 saturated carbocycles. The van der Waals surface area contributed by atoms with Crippen molar-refractivity contribution >= 4 is 0 Å². The van der Waals surface area contributed by atoms with Gasteiger partial charge in [0.05, 0.1) is 6.10 Å². The van der Waals surface area contributed by atoms with Crippen LogP contribution in [0.25, 0.3) is 0 Å². The molecule has 1 heterocycles. The van der Waals surface area contributed by atoms with E-state index in [0.29, 0.717) is 29.4 Å². The molecule has 1 aromatic rings. The second kappa shape index (κ2) is 6.12. The van der Waals surface area contributed by atoms with Gasteiger partial charge in [-0.1, -0.05) is 50.6 Å². The Kier molecular flexibility index (Phi) is 4.22. The van der Waals surface area contributed by atoms with Crippen molar-refractivity contribution in [3.63, 3.8) is 0 Å². The van der Waals surface area contributed by atoms with Gasteiger partial charge in [0, 0.05) is 43.1 Å². The maximum absolute atomic E-state index is 9.92. The maximum Gasteiger partial charge on any atom is 0.0690 e. The van der Waals surface area contributed by atoms with Gasteiger partial charge in [-0.05, 0) is 30.2 Å². The number of nitrogens with one attached hydrogen (secondary N) is 1. The molecule has 0 bridgehead atoms. The number of hydrogen-bond acceptors (Lipinski definition) is 3. The fourth-order valence-electron chi connectivity index (χ4n) is 5.45. The monoisotopic (exact) mass is 329 g/mol. The number of ether oxygens (including phenoxy) is 1. The number of rotatable bonds is 6. The molecular weight excluding hydrogens is 298 g/mol. The lowest BCUT2D eigenvalue weighted by molar-refractivity contribution is -0.176. The van der Waals surface area contributed by atoms with E-state index in [2.05, 4.69) is 49.5 Å². The predicted molar refractivity (Wildman–Crippen MR) is 96.0 cm³/mol. The zero-order valence-electron chi connectivity index (χ0n) is 15.0. The second-order valence-electron chi connectivity index (χ2n) is 8.83. The normalized spacial score (nSPS) is 32.0. The lowest BCUT2D eigenvalue weighted by atomic mass is 9.46. The fraction of sp³-hybridized carbons (Fsp3) is 0.714. The SMILES string of the molecule is CC(C)(CO)C(CNC1C2CCOC2C12CCC2)c1ccccc1. The maximum atomic E-state index is 9.92. The molecule has 24 heavy (non-hydrogen) atoms. The minimum atomic E-state index is -0.129. The summed E-state index contributed by atoms with van der Waals surface area (Å²) in [6.45, 7) is 6.44. The number of aliphatic hydroxyl groups is 1. The Labute approximate surface area is 145 Å². The molecule has 0 amide bonds. The van der Waals surface area contributed by atoms with Crippen LogP contribution in [-0.2, 0) is 4.74 Å². The first-order chi connectivity index (χ1) is 11.6. The van der Waals surface area contributed by atoms with Gasteiger partial charge < -0.3 is 15.2 Å². The summed E-state index contributed by atoms with van der Waals surface area (Å²) in [5.74, 6) is 1.03. The number of benzene rings is 1. The summed E-state index contributed by atoms with van der Waals surface area (Å²) in [7, 11) is 0. The average molecular weight is 329 g/mol. The third kappa shape index (κ3) is 2.44. The zero-order valence-corrected chi connectivity index (χ0v) is 15.0. The van der Waals surface area contributed by atoms with E-state index in [4.69, 9.17) is 4.74 Å². The van der Waals surface area contributed by atoms with Crippen molar-refractivity contribution in [2.45, 2.75) is 57.6 Å². The number of hydrogen-bond donors (Lipinski definition) is 2. The third-order valence-electron chi connectivity index (χ3n) is 7.13. The topological polar surface area (TPSA) is 41.5 Å². The van der Waals surface area contributed by atoms with Gasteiger partial charge in [0.25, 0.3) is 0 Å². The zero-order chi connectivity index (χ0) is 16.8. The Morgan fingerprint density at radius 2 is 2.04 bits per heavy atom. The summed E-state index contributed by atoms with van der Waals surface area (Å²) in [5.41, 5.74) is 1.62. The molecule has 132 valence electrons. The van der Waals surface area contributed by atoms with Gasteiger partial charge in [0.1, 0.15) is 0 Å². The first-order valence-electron chi connectivity index (χ1n) is 9.59. The Hall–Kier alpha value is -0.900. The standard InChI is InChI=1S/C21H31NO2/c1-20(2,14-23)17(15-7-4-3-5-8-15)13-22-18-16-9-12-24-19(16)21(18)10-6-11-21/h3-5,7-8,16-19,22-23H,6,9-14H2,1-2H3. The van der Waals surface area contributed by atoms with Crippen LogP contribution in [0.15, 0.2) is 30.3 Å². The highest BCUT2D eigenvalue weighted by atomic mass is 16.5. The van der Waals surface area contributed by atoms with Crippen molar-refractivity contribution in [1.82, 2.24) is 5.32 Å². The first-order valence-corrected chi connectivity index (χ1v) is 9.59. The van der Waals surface area contributed by atoms with E-state index in [1.807, 2.05) is 0 Å². The van der Waals surface area contributed by atoms with E-state index < -0.39 is 0 Å². The van der Waals surface area contributed by atoms with E-state index >= 15 is 0 Å². The second-order valence-corrected chi connectivity index (χ2v) is 8.83. The van der Waals surface area contributed by atoms with Crippen LogP contribution in [0.5, 0.6) is 0 Å². The minimum Gasteiger partial charge on any atom is -0.396 e. The highest BCUT2D eigenvalue weighted by Gasteiger charge is 2.66. The largest absolute Gasteiger partial charge is 0.396 e. The predicted octanol–water partition coefficient (Wildman–Crippen LogP) is 3.34. The van der Waals surface area contributed by atoms with Gasteiger partial charge in [-0.3, -0.25) is 0 Å². The number of aliphatic hydroxyl groups excluding tert-OH is 1. The fourth-order valence-corrected chi connectivity index (χ4v) is 5.45. The van der Waals surface area contributed by atoms with Crippen molar-refractivity contribution < 1.29 is 9.84 Å². The van der Waals surface area contributed by atoms with Crippen LogP contribution in [0, 0.1) is 16.7 Å².